The summed E-state index contributed by atoms with van der Waals surface area (Å²) in [4.78, 5) is 37.2. The number of unbranched alkanes of at least 4 members (excludes halogenated alkanes) is 6. The Labute approximate surface area is 182 Å². The van der Waals surface area contributed by atoms with E-state index in [1.54, 1.807) is 24.3 Å². The lowest BCUT2D eigenvalue weighted by Gasteiger charge is -2.25. The highest BCUT2D eigenvalue weighted by molar-refractivity contribution is 6.02. The molecular formula is C22H33N3O6. The number of aliphatic carboxylic acids is 2. The number of hydrogen-bond acceptors (Lipinski definition) is 6. The maximum absolute atomic E-state index is 13.0. The van der Waals surface area contributed by atoms with E-state index in [0.717, 1.165) is 49.8 Å². The number of amides is 1. The first-order valence-electron chi connectivity index (χ1n) is 10.9. The van der Waals surface area contributed by atoms with E-state index in [4.69, 9.17) is 10.5 Å². The van der Waals surface area contributed by atoms with Crippen LogP contribution < -0.4 is 20.7 Å². The van der Waals surface area contributed by atoms with Gasteiger partial charge in [-0.25, -0.2) is 0 Å². The summed E-state index contributed by atoms with van der Waals surface area (Å²) in [6, 6.07) is 4.81. The van der Waals surface area contributed by atoms with Crippen LogP contribution in [0.5, 0.6) is 5.75 Å². The minimum atomic E-state index is -1.16. The smallest absolute Gasteiger partial charge is 0.323 e. The number of anilines is 1. The summed E-state index contributed by atoms with van der Waals surface area (Å²) >= 11 is 0. The van der Waals surface area contributed by atoms with Gasteiger partial charge in [0.1, 0.15) is 31.0 Å². The van der Waals surface area contributed by atoms with Crippen LogP contribution in [0.1, 0.15) is 51.4 Å². The van der Waals surface area contributed by atoms with Gasteiger partial charge in [0.05, 0.1) is 5.69 Å². The third-order valence-corrected chi connectivity index (χ3v) is 5.32. The Bertz CT molecular complexity index is 742. The normalized spacial score (nSPS) is 16.9. The lowest BCUT2D eigenvalue weighted by Crippen LogP contribution is -2.54. The summed E-state index contributed by atoms with van der Waals surface area (Å²) in [7, 11) is 0. The van der Waals surface area contributed by atoms with E-state index in [0.29, 0.717) is 24.4 Å². The first-order chi connectivity index (χ1) is 14.9. The maximum Gasteiger partial charge on any atom is 0.323 e. The predicted octanol–water partition coefficient (Wildman–Crippen LogP) is 1.99. The van der Waals surface area contributed by atoms with Gasteiger partial charge < -0.3 is 20.7 Å². The summed E-state index contributed by atoms with van der Waals surface area (Å²) in [5.74, 6) is -2.33. The summed E-state index contributed by atoms with van der Waals surface area (Å²) in [5.41, 5.74) is 5.84. The number of nitrogens with two attached hydrogens (primary N) is 1. The van der Waals surface area contributed by atoms with Crippen LogP contribution in [0, 0.1) is 0 Å². The number of rotatable bonds is 14. The van der Waals surface area contributed by atoms with Crippen LogP contribution in [0.3, 0.4) is 0 Å². The van der Waals surface area contributed by atoms with Crippen molar-refractivity contribution >= 4 is 23.5 Å². The van der Waals surface area contributed by atoms with Gasteiger partial charge in [-0.2, -0.15) is 0 Å². The molecule has 2 atom stereocenters. The van der Waals surface area contributed by atoms with Crippen molar-refractivity contribution in [2.45, 2.75) is 63.5 Å². The molecule has 0 aliphatic carbocycles. The quantitative estimate of drug-likeness (QED) is 0.325. The summed E-state index contributed by atoms with van der Waals surface area (Å²) in [6.07, 6.45) is 7.44. The molecule has 0 fully saturated rings. The minimum absolute atomic E-state index is 0.0725. The fourth-order valence-corrected chi connectivity index (χ4v) is 3.67. The Balaban J connectivity index is 1.94. The molecule has 1 aromatic rings. The summed E-state index contributed by atoms with van der Waals surface area (Å²) < 4.78 is 5.69. The first-order valence-corrected chi connectivity index (χ1v) is 10.9. The van der Waals surface area contributed by atoms with Gasteiger partial charge in [0, 0.05) is 0 Å². The third-order valence-electron chi connectivity index (χ3n) is 5.32. The van der Waals surface area contributed by atoms with Gasteiger partial charge in [0.2, 0.25) is 5.91 Å². The first kappa shape index (κ1) is 24.6. The Kier molecular flexibility index (Phi) is 10.3. The number of benzene rings is 1. The Morgan fingerprint density at radius 2 is 1.74 bits per heavy atom. The van der Waals surface area contributed by atoms with Gasteiger partial charge in [-0.15, -0.1) is 0 Å². The van der Waals surface area contributed by atoms with Gasteiger partial charge in [0.25, 0.3) is 0 Å². The highest BCUT2D eigenvalue weighted by Gasteiger charge is 2.35. The van der Waals surface area contributed by atoms with Gasteiger partial charge in [0.15, 0.2) is 0 Å². The average molecular weight is 436 g/mol. The SMILES string of the molecule is NCCCCCCCCC[C@H](NC1COc2ccccc2N(CC(=O)O)C1=O)C(=O)O. The largest absolute Gasteiger partial charge is 0.489 e. The predicted molar refractivity (Wildman–Crippen MR) is 116 cm³/mol. The number of carboxylic acid groups (broad SMARTS) is 2. The number of nitrogens with zero attached hydrogens (tertiary/aromatic N) is 1. The van der Waals surface area contributed by atoms with Crippen LogP contribution >= 0.6 is 0 Å². The highest BCUT2D eigenvalue weighted by Crippen LogP contribution is 2.31. The van der Waals surface area contributed by atoms with E-state index in [-0.39, 0.29) is 6.61 Å². The van der Waals surface area contributed by atoms with Crippen molar-refractivity contribution in [2.75, 3.05) is 24.6 Å². The number of carbonyl (C=O) groups is 3. The molecule has 0 aromatic heterocycles. The second-order valence-corrected chi connectivity index (χ2v) is 7.76. The van der Waals surface area contributed by atoms with Crippen molar-refractivity contribution in [2.24, 2.45) is 5.73 Å². The van der Waals surface area contributed by atoms with Crippen molar-refractivity contribution in [3.63, 3.8) is 0 Å². The second kappa shape index (κ2) is 12.9. The van der Waals surface area contributed by atoms with E-state index in [9.17, 15) is 24.6 Å². The Hall–Kier alpha value is -2.65. The zero-order valence-corrected chi connectivity index (χ0v) is 17.8. The topological polar surface area (TPSA) is 142 Å². The van der Waals surface area contributed by atoms with Gasteiger partial charge in [-0.3, -0.25) is 24.6 Å². The lowest BCUT2D eigenvalue weighted by atomic mass is 10.0. The Morgan fingerprint density at radius 3 is 2.39 bits per heavy atom. The molecule has 1 aliphatic heterocycles. The zero-order chi connectivity index (χ0) is 22.6. The minimum Gasteiger partial charge on any atom is -0.489 e. The lowest BCUT2D eigenvalue weighted by molar-refractivity contribution is -0.141. The van der Waals surface area contributed by atoms with Crippen molar-refractivity contribution in [1.29, 1.82) is 0 Å². The molecule has 9 nitrogen and oxygen atoms in total. The molecule has 1 heterocycles. The monoisotopic (exact) mass is 435 g/mol. The molecule has 0 radical (unpaired) electrons. The van der Waals surface area contributed by atoms with Crippen LogP contribution in [0.25, 0.3) is 0 Å². The van der Waals surface area contributed by atoms with Crippen LogP contribution in [0.2, 0.25) is 0 Å². The van der Waals surface area contributed by atoms with Crippen molar-refractivity contribution in [3.8, 4) is 5.75 Å². The third kappa shape index (κ3) is 7.84. The molecule has 0 saturated heterocycles. The number of nitrogens with one attached hydrogen (secondary N) is 1. The van der Waals surface area contributed by atoms with E-state index in [2.05, 4.69) is 5.32 Å². The fourth-order valence-electron chi connectivity index (χ4n) is 3.67. The van der Waals surface area contributed by atoms with Crippen LogP contribution in [-0.4, -0.2) is 59.8 Å². The molecule has 2 rings (SSSR count). The van der Waals surface area contributed by atoms with Crippen molar-refractivity contribution in [1.82, 2.24) is 5.32 Å². The second-order valence-electron chi connectivity index (χ2n) is 7.76. The van der Waals surface area contributed by atoms with Gasteiger partial charge >= 0.3 is 11.9 Å². The van der Waals surface area contributed by atoms with Crippen LogP contribution in [0.4, 0.5) is 5.69 Å². The molecule has 0 spiro atoms. The maximum atomic E-state index is 13.0. The molecule has 1 aliphatic rings. The molecule has 0 saturated carbocycles. The zero-order valence-electron chi connectivity index (χ0n) is 17.8. The number of carbonyl (C=O) groups excluding carboxylic acids is 1. The van der Waals surface area contributed by atoms with Crippen LogP contribution in [-0.2, 0) is 14.4 Å². The van der Waals surface area contributed by atoms with Gasteiger partial charge in [-0.1, -0.05) is 50.7 Å². The van der Waals surface area contributed by atoms with Crippen molar-refractivity contribution in [3.05, 3.63) is 24.3 Å². The number of carboxylic acids is 2. The molecule has 5 N–H and O–H groups in total. The number of para-hydroxylation sites is 2. The standard InChI is InChI=1S/C22H33N3O6/c23-13-9-5-3-1-2-4-6-10-16(22(29)30)24-17-15-31-19-12-8-7-11-18(19)25(21(17)28)14-20(26)27/h7-8,11-12,16-17,24H,1-6,9-10,13-15,23H2,(H,26,27)(H,29,30)/t16-,17?/m0/s1. The molecule has 1 unspecified atom stereocenters. The Morgan fingerprint density at radius 1 is 1.10 bits per heavy atom. The molecule has 1 amide bonds. The number of hydrogen-bond donors (Lipinski definition) is 4. The fraction of sp³-hybridized carbons (Fsp3) is 0.591. The number of ether oxygens (including phenoxy) is 1. The number of fused-ring (bicyclic) bond motifs is 1. The summed E-state index contributed by atoms with van der Waals surface area (Å²) in [6.45, 7) is 0.112. The van der Waals surface area contributed by atoms with E-state index < -0.39 is 36.5 Å². The van der Waals surface area contributed by atoms with Crippen LogP contribution in [0.15, 0.2) is 24.3 Å². The van der Waals surface area contributed by atoms with E-state index in [1.165, 1.54) is 0 Å². The summed E-state index contributed by atoms with van der Waals surface area (Å²) in [5, 5.41) is 21.7. The molecule has 0 bridgehead atoms. The highest BCUT2D eigenvalue weighted by atomic mass is 16.5. The molecular weight excluding hydrogens is 402 g/mol. The average Bonchev–Trinajstić information content (AvgIpc) is 2.86. The van der Waals surface area contributed by atoms with E-state index >= 15 is 0 Å². The van der Waals surface area contributed by atoms with Crippen molar-refractivity contribution < 1.29 is 29.3 Å². The molecule has 172 valence electrons. The van der Waals surface area contributed by atoms with Gasteiger partial charge in [-0.05, 0) is 31.5 Å². The molecule has 1 aromatic carbocycles. The molecule has 31 heavy (non-hydrogen) atoms. The molecule has 9 heteroatoms. The van der Waals surface area contributed by atoms with E-state index in [1.807, 2.05) is 0 Å².